The Balaban J connectivity index is 1.36. The Morgan fingerprint density at radius 1 is 1.07 bits per heavy atom. The molecule has 1 saturated heterocycles. The predicted molar refractivity (Wildman–Crippen MR) is 172 cm³/mol. The topological polar surface area (TPSA) is 81.1 Å². The maximum Gasteiger partial charge on any atom is 0.268 e. The highest BCUT2D eigenvalue weighted by atomic mass is 35.5. The first-order valence-electron chi connectivity index (χ1n) is 14.4. The van der Waals surface area contributed by atoms with Crippen molar-refractivity contribution < 1.29 is 4.74 Å². The van der Waals surface area contributed by atoms with E-state index in [1.165, 1.54) is 5.56 Å². The zero-order valence-electron chi connectivity index (χ0n) is 24.1. The number of halogens is 1. The monoisotopic (exact) mass is 589 g/mol. The van der Waals surface area contributed by atoms with Gasteiger partial charge in [0, 0.05) is 40.9 Å². The Hall–Kier alpha value is -4.48. The average Bonchev–Trinajstić information content (AvgIpc) is 3.03. The minimum Gasteiger partial charge on any atom is -0.371 e. The van der Waals surface area contributed by atoms with Gasteiger partial charge in [-0.15, -0.1) is 0 Å². The highest BCUT2D eigenvalue weighted by molar-refractivity contribution is 6.30. The first-order valence-corrected chi connectivity index (χ1v) is 14.8. The van der Waals surface area contributed by atoms with Gasteiger partial charge in [-0.05, 0) is 65.1 Å². The summed E-state index contributed by atoms with van der Waals surface area (Å²) in [5.74, 6) is 6.94. The second kappa shape index (κ2) is 12.8. The van der Waals surface area contributed by atoms with Crippen LogP contribution in [0.25, 0.3) is 11.0 Å². The molecule has 0 radical (unpaired) electrons. The normalized spacial score (nSPS) is 14.8. The fraction of sp³-hybridized carbons (Fsp3) is 0.229. The summed E-state index contributed by atoms with van der Waals surface area (Å²) >= 11 is 6.02. The number of benzene rings is 3. The molecule has 2 aromatic heterocycles. The third kappa shape index (κ3) is 6.79. The van der Waals surface area contributed by atoms with Crippen molar-refractivity contribution in [3.05, 3.63) is 128 Å². The molecule has 216 valence electrons. The zero-order chi connectivity index (χ0) is 29.8. The number of morpholine rings is 1. The van der Waals surface area contributed by atoms with Crippen molar-refractivity contribution in [2.75, 3.05) is 25.0 Å². The van der Waals surface area contributed by atoms with Crippen molar-refractivity contribution in [3.63, 3.8) is 0 Å². The van der Waals surface area contributed by atoms with Crippen molar-refractivity contribution in [1.29, 1.82) is 0 Å². The molecule has 0 amide bonds. The van der Waals surface area contributed by atoms with Gasteiger partial charge in [0.25, 0.3) is 5.56 Å². The van der Waals surface area contributed by atoms with Crippen LogP contribution in [0.1, 0.15) is 53.7 Å². The van der Waals surface area contributed by atoms with Crippen LogP contribution >= 0.6 is 11.6 Å². The van der Waals surface area contributed by atoms with Gasteiger partial charge < -0.3 is 15.4 Å². The molecule has 8 heteroatoms. The second-order valence-electron chi connectivity index (χ2n) is 10.9. The number of rotatable bonds is 6. The number of nitrogens with zero attached hydrogens (tertiary/aromatic N) is 3. The van der Waals surface area contributed by atoms with E-state index in [1.807, 2.05) is 48.5 Å². The second-order valence-corrected chi connectivity index (χ2v) is 11.3. The third-order valence-electron chi connectivity index (χ3n) is 7.44. The molecule has 0 spiro atoms. The molecule has 0 aliphatic carbocycles. The first kappa shape index (κ1) is 28.6. The number of aromatic nitrogens is 3. The number of fused-ring (bicyclic) bond motifs is 1. The first-order chi connectivity index (χ1) is 20.9. The molecule has 1 aliphatic heterocycles. The van der Waals surface area contributed by atoms with Gasteiger partial charge in [-0.3, -0.25) is 9.36 Å². The molecule has 1 aliphatic rings. The molecule has 1 unspecified atom stereocenters. The molecule has 1 fully saturated rings. The van der Waals surface area contributed by atoms with E-state index < -0.39 is 0 Å². The summed E-state index contributed by atoms with van der Waals surface area (Å²) < 4.78 is 7.55. The highest BCUT2D eigenvalue weighted by Gasteiger charge is 2.16. The van der Waals surface area contributed by atoms with Crippen molar-refractivity contribution in [2.24, 2.45) is 0 Å². The number of hydrogen-bond donors (Lipinski definition) is 2. The number of ether oxygens (including phenoxy) is 1. The van der Waals surface area contributed by atoms with E-state index in [9.17, 15) is 4.79 Å². The maximum atomic E-state index is 13.9. The Bertz CT molecular complexity index is 1870. The van der Waals surface area contributed by atoms with Gasteiger partial charge in [0.15, 0.2) is 0 Å². The van der Waals surface area contributed by atoms with Crippen LogP contribution in [0.4, 0.5) is 11.6 Å². The van der Waals surface area contributed by atoms with E-state index in [0.717, 1.165) is 40.9 Å². The van der Waals surface area contributed by atoms with E-state index in [4.69, 9.17) is 21.3 Å². The maximum absolute atomic E-state index is 13.9. The van der Waals surface area contributed by atoms with Crippen LogP contribution in [0.3, 0.4) is 0 Å². The summed E-state index contributed by atoms with van der Waals surface area (Å²) in [7, 11) is 0. The quantitative estimate of drug-likeness (QED) is 0.222. The van der Waals surface area contributed by atoms with Crippen molar-refractivity contribution in [3.8, 4) is 11.8 Å². The Kier molecular flexibility index (Phi) is 8.52. The molecule has 5 aromatic rings. The van der Waals surface area contributed by atoms with Crippen LogP contribution in [-0.2, 0) is 11.3 Å². The minimum absolute atomic E-state index is 0.0420. The lowest BCUT2D eigenvalue weighted by Crippen LogP contribution is -2.33. The summed E-state index contributed by atoms with van der Waals surface area (Å²) in [6.45, 7) is 7.04. The van der Waals surface area contributed by atoms with Gasteiger partial charge >= 0.3 is 0 Å². The minimum atomic E-state index is -0.209. The van der Waals surface area contributed by atoms with Gasteiger partial charge in [-0.2, -0.15) is 4.98 Å². The largest absolute Gasteiger partial charge is 0.371 e. The van der Waals surface area contributed by atoms with E-state index in [1.54, 1.807) is 29.0 Å². The third-order valence-corrected chi connectivity index (χ3v) is 7.69. The lowest BCUT2D eigenvalue weighted by molar-refractivity contribution is 0.0277. The Morgan fingerprint density at radius 3 is 2.63 bits per heavy atom. The van der Waals surface area contributed by atoms with Gasteiger partial charge in [-0.1, -0.05) is 73.7 Å². The van der Waals surface area contributed by atoms with E-state index >= 15 is 0 Å². The van der Waals surface area contributed by atoms with Crippen molar-refractivity contribution >= 4 is 34.3 Å². The lowest BCUT2D eigenvalue weighted by atomic mass is 10.0. The number of nitrogens with one attached hydrogen (secondary N) is 2. The molecular weight excluding hydrogens is 558 g/mol. The smallest absolute Gasteiger partial charge is 0.268 e. The molecule has 0 bridgehead atoms. The van der Waals surface area contributed by atoms with Gasteiger partial charge in [0.05, 0.1) is 24.8 Å². The predicted octanol–water partition coefficient (Wildman–Crippen LogP) is 6.42. The standard InChI is InChI=1S/C35H32ClN5O2/c1-23(2)27-5-3-4-25(18-27)22-41-33-29(19-28(34(41)42)9-6-24-7-12-30(36)13-8-24)20-38-35(40-33)39-31-14-10-26(11-15-31)32-21-37-16-17-43-32/h3-5,7-8,10-15,18-20,23,32,37H,16-17,21-22H2,1-2H3,(H,38,39,40). The summed E-state index contributed by atoms with van der Waals surface area (Å²) in [6.07, 6.45) is 1.77. The summed E-state index contributed by atoms with van der Waals surface area (Å²) in [6, 6.07) is 25.4. The van der Waals surface area contributed by atoms with E-state index in [0.29, 0.717) is 41.3 Å². The van der Waals surface area contributed by atoms with Gasteiger partial charge in [0.2, 0.25) is 5.95 Å². The molecular formula is C35H32ClN5O2. The highest BCUT2D eigenvalue weighted by Crippen LogP contribution is 2.23. The molecule has 7 nitrogen and oxygen atoms in total. The summed E-state index contributed by atoms with van der Waals surface area (Å²) in [5, 5.41) is 8.01. The SMILES string of the molecule is CC(C)c1cccc(Cn2c(=O)c(C#Cc3ccc(Cl)cc3)cc3cnc(Nc4ccc(C5CNCCO5)cc4)nc32)c1. The lowest BCUT2D eigenvalue weighted by Gasteiger charge is -2.24. The van der Waals surface area contributed by atoms with E-state index in [-0.39, 0.29) is 11.7 Å². The fourth-order valence-corrected chi connectivity index (χ4v) is 5.18. The fourth-order valence-electron chi connectivity index (χ4n) is 5.05. The molecule has 6 rings (SSSR count). The molecule has 3 heterocycles. The summed E-state index contributed by atoms with van der Waals surface area (Å²) in [4.78, 5) is 23.3. The number of hydrogen-bond acceptors (Lipinski definition) is 6. The number of pyridine rings is 1. The Morgan fingerprint density at radius 2 is 1.88 bits per heavy atom. The molecule has 3 aromatic carbocycles. The molecule has 43 heavy (non-hydrogen) atoms. The number of anilines is 2. The Labute approximate surface area is 255 Å². The summed E-state index contributed by atoms with van der Waals surface area (Å²) in [5.41, 5.74) is 5.66. The molecule has 0 saturated carbocycles. The van der Waals surface area contributed by atoms with Crippen LogP contribution in [0, 0.1) is 11.8 Å². The van der Waals surface area contributed by atoms with Crippen molar-refractivity contribution in [1.82, 2.24) is 19.9 Å². The van der Waals surface area contributed by atoms with Gasteiger partial charge in [-0.25, -0.2) is 4.98 Å². The van der Waals surface area contributed by atoms with Crippen LogP contribution in [0.5, 0.6) is 0 Å². The van der Waals surface area contributed by atoms with Crippen LogP contribution < -0.4 is 16.2 Å². The molecule has 1 atom stereocenters. The van der Waals surface area contributed by atoms with Crippen LogP contribution in [0.15, 0.2) is 89.9 Å². The van der Waals surface area contributed by atoms with Gasteiger partial charge in [0.1, 0.15) is 5.65 Å². The zero-order valence-corrected chi connectivity index (χ0v) is 24.9. The average molecular weight is 590 g/mol. The van der Waals surface area contributed by atoms with Crippen molar-refractivity contribution in [2.45, 2.75) is 32.4 Å². The molecule has 2 N–H and O–H groups in total. The van der Waals surface area contributed by atoms with Crippen LogP contribution in [-0.4, -0.2) is 34.2 Å². The van der Waals surface area contributed by atoms with E-state index in [2.05, 4.69) is 53.4 Å². The van der Waals surface area contributed by atoms with Crippen LogP contribution in [0.2, 0.25) is 5.02 Å².